The van der Waals surface area contributed by atoms with Crippen LogP contribution in [0.4, 0.5) is 4.39 Å². The zero-order valence-corrected chi connectivity index (χ0v) is 10.2. The van der Waals surface area contributed by atoms with E-state index in [-0.39, 0.29) is 12.6 Å². The molecule has 0 aliphatic carbocycles. The molecule has 2 nitrogen and oxygen atoms in total. The van der Waals surface area contributed by atoms with Crippen LogP contribution < -0.4 is 4.74 Å². The molecule has 2 aromatic carbocycles. The number of ether oxygens (including phenoxy) is 2. The summed E-state index contributed by atoms with van der Waals surface area (Å²) in [5, 5.41) is 0. The molecule has 3 heteroatoms. The van der Waals surface area contributed by atoms with E-state index in [1.165, 1.54) is 6.07 Å². The maximum atomic E-state index is 13.0. The summed E-state index contributed by atoms with van der Waals surface area (Å²) < 4.78 is 23.8. The Morgan fingerprint density at radius 2 is 1.83 bits per heavy atom. The van der Waals surface area contributed by atoms with Crippen LogP contribution in [0.15, 0.2) is 48.5 Å². The summed E-state index contributed by atoms with van der Waals surface area (Å²) >= 11 is 0. The lowest BCUT2D eigenvalue weighted by Gasteiger charge is -2.08. The van der Waals surface area contributed by atoms with Crippen molar-refractivity contribution in [2.24, 2.45) is 0 Å². The molecule has 0 amide bonds. The highest BCUT2D eigenvalue weighted by atomic mass is 19.1. The van der Waals surface area contributed by atoms with Gasteiger partial charge in [0.15, 0.2) is 6.79 Å². The van der Waals surface area contributed by atoms with Gasteiger partial charge in [-0.2, -0.15) is 0 Å². The summed E-state index contributed by atoms with van der Waals surface area (Å²) in [5.41, 5.74) is 1.66. The van der Waals surface area contributed by atoms with Crippen LogP contribution in [0, 0.1) is 12.7 Å². The first-order valence-electron chi connectivity index (χ1n) is 5.76. The molecule has 0 radical (unpaired) electrons. The van der Waals surface area contributed by atoms with Crippen molar-refractivity contribution in [3.63, 3.8) is 0 Å². The highest BCUT2D eigenvalue weighted by Gasteiger charge is 1.99. The van der Waals surface area contributed by atoms with Crippen LogP contribution >= 0.6 is 0 Å². The zero-order valence-electron chi connectivity index (χ0n) is 10.2. The summed E-state index contributed by atoms with van der Waals surface area (Å²) in [6.45, 7) is 2.36. The molecule has 94 valence electrons. The largest absolute Gasteiger partial charge is 0.468 e. The first-order valence-corrected chi connectivity index (χ1v) is 5.76. The Bertz CT molecular complexity index is 497. The Morgan fingerprint density at radius 1 is 1.06 bits per heavy atom. The number of hydrogen-bond donors (Lipinski definition) is 0. The number of halogens is 1. The lowest BCUT2D eigenvalue weighted by atomic mass is 10.2. The van der Waals surface area contributed by atoms with Crippen molar-refractivity contribution in [2.75, 3.05) is 6.79 Å². The van der Waals surface area contributed by atoms with Crippen molar-refractivity contribution >= 4 is 0 Å². The molecule has 0 saturated heterocycles. The van der Waals surface area contributed by atoms with Crippen LogP contribution in [0.25, 0.3) is 0 Å². The minimum absolute atomic E-state index is 0.153. The molecule has 0 atom stereocenters. The molecule has 0 bridgehead atoms. The lowest BCUT2D eigenvalue weighted by molar-refractivity contribution is 0.00498. The van der Waals surface area contributed by atoms with Crippen LogP contribution in [0.5, 0.6) is 5.75 Å². The third kappa shape index (κ3) is 3.57. The number of hydrogen-bond acceptors (Lipinski definition) is 2. The molecule has 0 spiro atoms. The van der Waals surface area contributed by atoms with Crippen LogP contribution in [-0.2, 0) is 11.3 Å². The van der Waals surface area contributed by atoms with Crippen molar-refractivity contribution in [3.05, 3.63) is 65.5 Å². The predicted octanol–water partition coefficient (Wildman–Crippen LogP) is 3.69. The molecular formula is C15H15FO2. The highest BCUT2D eigenvalue weighted by molar-refractivity contribution is 5.28. The fourth-order valence-corrected chi connectivity index (χ4v) is 1.55. The zero-order chi connectivity index (χ0) is 12.8. The summed E-state index contributed by atoms with van der Waals surface area (Å²) in [7, 11) is 0. The summed E-state index contributed by atoms with van der Waals surface area (Å²) in [6, 6.07) is 14.5. The number of rotatable bonds is 5. The first-order chi connectivity index (χ1) is 8.75. The van der Waals surface area contributed by atoms with Crippen molar-refractivity contribution in [1.29, 1.82) is 0 Å². The lowest BCUT2D eigenvalue weighted by Crippen LogP contribution is -2.03. The van der Waals surface area contributed by atoms with Crippen LogP contribution in [-0.4, -0.2) is 6.79 Å². The Kier molecular flexibility index (Phi) is 4.31. The van der Waals surface area contributed by atoms with E-state index in [1.807, 2.05) is 30.3 Å². The second-order valence-electron chi connectivity index (χ2n) is 4.01. The van der Waals surface area contributed by atoms with Crippen molar-refractivity contribution < 1.29 is 13.9 Å². The summed E-state index contributed by atoms with van der Waals surface area (Å²) in [4.78, 5) is 0. The van der Waals surface area contributed by atoms with Gasteiger partial charge in [-0.05, 0) is 36.2 Å². The van der Waals surface area contributed by atoms with Crippen molar-refractivity contribution in [1.82, 2.24) is 0 Å². The maximum absolute atomic E-state index is 13.0. The summed E-state index contributed by atoms with van der Waals surface area (Å²) in [6.07, 6.45) is 0. The average Bonchev–Trinajstić information content (AvgIpc) is 2.40. The fraction of sp³-hybridized carbons (Fsp3) is 0.200. The average molecular weight is 246 g/mol. The van der Waals surface area contributed by atoms with Crippen LogP contribution in [0.2, 0.25) is 0 Å². The van der Waals surface area contributed by atoms with Crippen LogP contribution in [0.3, 0.4) is 0 Å². The Morgan fingerprint density at radius 3 is 2.56 bits per heavy atom. The molecule has 0 N–H and O–H groups in total. The number of benzene rings is 2. The molecule has 0 aliphatic heterocycles. The molecule has 0 fully saturated rings. The van der Waals surface area contributed by atoms with Gasteiger partial charge < -0.3 is 9.47 Å². The molecule has 0 heterocycles. The SMILES string of the molecule is Cc1cc(OCOCc2ccccc2)ccc1F. The van der Waals surface area contributed by atoms with E-state index in [0.29, 0.717) is 17.9 Å². The van der Waals surface area contributed by atoms with E-state index in [1.54, 1.807) is 19.1 Å². The van der Waals surface area contributed by atoms with Gasteiger partial charge in [0, 0.05) is 0 Å². The number of aryl methyl sites for hydroxylation is 1. The molecule has 0 unspecified atom stereocenters. The van der Waals surface area contributed by atoms with E-state index >= 15 is 0 Å². The second kappa shape index (κ2) is 6.17. The van der Waals surface area contributed by atoms with E-state index in [2.05, 4.69) is 0 Å². The minimum atomic E-state index is -0.229. The second-order valence-corrected chi connectivity index (χ2v) is 4.01. The first kappa shape index (κ1) is 12.6. The smallest absolute Gasteiger partial charge is 0.189 e. The van der Waals surface area contributed by atoms with Gasteiger partial charge in [-0.3, -0.25) is 0 Å². The standard InChI is InChI=1S/C15H15FO2/c1-12-9-14(7-8-15(12)16)18-11-17-10-13-5-3-2-4-6-13/h2-9H,10-11H2,1H3. The maximum Gasteiger partial charge on any atom is 0.189 e. The monoisotopic (exact) mass is 246 g/mol. The topological polar surface area (TPSA) is 18.5 Å². The third-order valence-electron chi connectivity index (χ3n) is 2.55. The molecule has 18 heavy (non-hydrogen) atoms. The van der Waals surface area contributed by atoms with Gasteiger partial charge >= 0.3 is 0 Å². The van der Waals surface area contributed by atoms with E-state index in [4.69, 9.17) is 9.47 Å². The van der Waals surface area contributed by atoms with E-state index in [9.17, 15) is 4.39 Å². The van der Waals surface area contributed by atoms with Crippen molar-refractivity contribution in [2.45, 2.75) is 13.5 Å². The van der Waals surface area contributed by atoms with Gasteiger partial charge in [0.2, 0.25) is 0 Å². The molecule has 0 aliphatic rings. The van der Waals surface area contributed by atoms with Gasteiger partial charge in [-0.25, -0.2) is 4.39 Å². The molecule has 0 saturated carbocycles. The van der Waals surface area contributed by atoms with E-state index in [0.717, 1.165) is 5.56 Å². The summed E-state index contributed by atoms with van der Waals surface area (Å²) in [5.74, 6) is 0.384. The van der Waals surface area contributed by atoms with Gasteiger partial charge in [0.05, 0.1) is 6.61 Å². The molecule has 2 rings (SSSR count). The van der Waals surface area contributed by atoms with Gasteiger partial charge in [-0.15, -0.1) is 0 Å². The molecule has 0 aromatic heterocycles. The Balaban J connectivity index is 1.77. The molecular weight excluding hydrogens is 231 g/mol. The predicted molar refractivity (Wildman–Crippen MR) is 67.9 cm³/mol. The van der Waals surface area contributed by atoms with Crippen LogP contribution in [0.1, 0.15) is 11.1 Å². The Hall–Kier alpha value is -1.87. The minimum Gasteiger partial charge on any atom is -0.468 e. The normalized spacial score (nSPS) is 10.3. The van der Waals surface area contributed by atoms with Crippen molar-refractivity contribution in [3.8, 4) is 5.75 Å². The van der Waals surface area contributed by atoms with E-state index < -0.39 is 0 Å². The quantitative estimate of drug-likeness (QED) is 0.591. The molecule has 2 aromatic rings. The Labute approximate surface area is 106 Å². The van der Waals surface area contributed by atoms with Gasteiger partial charge in [0.25, 0.3) is 0 Å². The highest BCUT2D eigenvalue weighted by Crippen LogP contribution is 2.15. The fourth-order valence-electron chi connectivity index (χ4n) is 1.55. The third-order valence-corrected chi connectivity index (χ3v) is 2.55. The van der Waals surface area contributed by atoms with Gasteiger partial charge in [0.1, 0.15) is 11.6 Å². The van der Waals surface area contributed by atoms with Gasteiger partial charge in [-0.1, -0.05) is 30.3 Å².